The van der Waals surface area contributed by atoms with Crippen molar-refractivity contribution in [3.8, 4) is 0 Å². The van der Waals surface area contributed by atoms with Gasteiger partial charge in [-0.05, 0) is 12.8 Å². The number of hydrogen-bond donors (Lipinski definition) is 3. The number of carboxylic acid groups (broad SMARTS) is 1. The zero-order valence-electron chi connectivity index (χ0n) is 11.5. The molecule has 0 radical (unpaired) electrons. The van der Waals surface area contributed by atoms with Crippen LogP contribution >= 0.6 is 0 Å². The normalized spacial score (nSPS) is 11.9. The number of unbranched alkanes of at least 4 members (excludes halogenated alkanes) is 5. The second-order valence-corrected chi connectivity index (χ2v) is 4.47. The lowest BCUT2D eigenvalue weighted by Crippen LogP contribution is -2.45. The van der Waals surface area contributed by atoms with Gasteiger partial charge < -0.3 is 15.7 Å². The van der Waals surface area contributed by atoms with E-state index < -0.39 is 18.0 Å². The molecule has 0 bridgehead atoms. The highest BCUT2D eigenvalue weighted by Gasteiger charge is 2.16. The van der Waals surface area contributed by atoms with Gasteiger partial charge in [-0.15, -0.1) is 0 Å². The van der Waals surface area contributed by atoms with E-state index in [0.29, 0.717) is 13.0 Å². The van der Waals surface area contributed by atoms with Gasteiger partial charge >= 0.3 is 12.0 Å². The van der Waals surface area contributed by atoms with Crippen LogP contribution in [0, 0.1) is 0 Å². The van der Waals surface area contributed by atoms with Crippen molar-refractivity contribution in [1.82, 2.24) is 10.6 Å². The van der Waals surface area contributed by atoms with Gasteiger partial charge in [0.05, 0.1) is 0 Å². The second kappa shape index (κ2) is 10.9. The summed E-state index contributed by atoms with van der Waals surface area (Å²) in [5.74, 6) is -0.993. The molecule has 1 unspecified atom stereocenters. The van der Waals surface area contributed by atoms with Crippen molar-refractivity contribution in [1.29, 1.82) is 0 Å². The number of carbonyl (C=O) groups excluding carboxylic acids is 1. The minimum Gasteiger partial charge on any atom is -0.480 e. The number of carboxylic acids is 1. The number of rotatable bonds is 10. The van der Waals surface area contributed by atoms with Gasteiger partial charge in [0, 0.05) is 6.54 Å². The van der Waals surface area contributed by atoms with Crippen molar-refractivity contribution >= 4 is 12.0 Å². The molecule has 0 heterocycles. The van der Waals surface area contributed by atoms with Crippen LogP contribution in [0.4, 0.5) is 4.79 Å². The Kier molecular flexibility index (Phi) is 10.1. The third-order valence-corrected chi connectivity index (χ3v) is 2.83. The van der Waals surface area contributed by atoms with Gasteiger partial charge in [-0.2, -0.15) is 0 Å². The molecule has 5 nitrogen and oxygen atoms in total. The summed E-state index contributed by atoms with van der Waals surface area (Å²) >= 11 is 0. The third-order valence-electron chi connectivity index (χ3n) is 2.83. The van der Waals surface area contributed by atoms with Crippen LogP contribution in [0.5, 0.6) is 0 Å². The molecule has 0 aromatic carbocycles. The molecule has 0 rings (SSSR count). The third kappa shape index (κ3) is 8.84. The van der Waals surface area contributed by atoms with Crippen molar-refractivity contribution in [2.75, 3.05) is 6.54 Å². The molecule has 0 aromatic heterocycles. The number of urea groups is 1. The molecular weight excluding hydrogens is 232 g/mol. The highest BCUT2D eigenvalue weighted by atomic mass is 16.4. The van der Waals surface area contributed by atoms with Crippen LogP contribution in [0.25, 0.3) is 0 Å². The maximum Gasteiger partial charge on any atom is 0.326 e. The predicted octanol–water partition coefficient (Wildman–Crippen LogP) is 2.51. The van der Waals surface area contributed by atoms with E-state index in [1.807, 2.05) is 0 Å². The molecule has 0 aromatic rings. The Morgan fingerprint density at radius 2 is 1.67 bits per heavy atom. The maximum absolute atomic E-state index is 11.4. The molecule has 0 aliphatic carbocycles. The van der Waals surface area contributed by atoms with E-state index in [9.17, 15) is 9.59 Å². The van der Waals surface area contributed by atoms with Crippen LogP contribution < -0.4 is 10.6 Å². The van der Waals surface area contributed by atoms with Gasteiger partial charge in [0.25, 0.3) is 0 Å². The monoisotopic (exact) mass is 258 g/mol. The fraction of sp³-hybridized carbons (Fsp3) is 0.846. The highest BCUT2D eigenvalue weighted by Crippen LogP contribution is 2.03. The average molecular weight is 258 g/mol. The van der Waals surface area contributed by atoms with E-state index in [1.165, 1.54) is 25.7 Å². The van der Waals surface area contributed by atoms with Gasteiger partial charge in [0.1, 0.15) is 6.04 Å². The number of aliphatic carboxylic acids is 1. The largest absolute Gasteiger partial charge is 0.480 e. The zero-order chi connectivity index (χ0) is 13.8. The summed E-state index contributed by atoms with van der Waals surface area (Å²) in [6, 6.07) is -1.19. The minimum absolute atomic E-state index is 0.389. The van der Waals surface area contributed by atoms with Crippen LogP contribution in [-0.2, 0) is 4.79 Å². The summed E-state index contributed by atoms with van der Waals surface area (Å²) in [7, 11) is 0. The Morgan fingerprint density at radius 3 is 2.22 bits per heavy atom. The standard InChI is InChI=1S/C13H26N2O3/c1-3-5-6-7-8-9-10-14-13(18)15-11(4-2)12(16)17/h11H,3-10H2,1-2H3,(H,16,17)(H2,14,15,18). The summed E-state index contributed by atoms with van der Waals surface area (Å²) in [6.45, 7) is 4.51. The van der Waals surface area contributed by atoms with E-state index >= 15 is 0 Å². The van der Waals surface area contributed by atoms with E-state index in [0.717, 1.165) is 12.8 Å². The van der Waals surface area contributed by atoms with E-state index in [2.05, 4.69) is 17.6 Å². The van der Waals surface area contributed by atoms with Gasteiger partial charge in [0.2, 0.25) is 0 Å². The van der Waals surface area contributed by atoms with E-state index in [4.69, 9.17) is 5.11 Å². The molecule has 0 aliphatic rings. The molecule has 0 fully saturated rings. The van der Waals surface area contributed by atoms with Crippen LogP contribution in [0.15, 0.2) is 0 Å². The van der Waals surface area contributed by atoms with Gasteiger partial charge in [-0.3, -0.25) is 0 Å². The molecule has 2 amide bonds. The Hall–Kier alpha value is -1.26. The van der Waals surface area contributed by atoms with Crippen LogP contribution in [0.3, 0.4) is 0 Å². The Bertz CT molecular complexity index is 244. The molecular formula is C13H26N2O3. The molecule has 0 spiro atoms. The van der Waals surface area contributed by atoms with Crippen molar-refractivity contribution in [2.45, 2.75) is 64.8 Å². The van der Waals surface area contributed by atoms with Crippen molar-refractivity contribution < 1.29 is 14.7 Å². The number of carbonyl (C=O) groups is 2. The number of hydrogen-bond acceptors (Lipinski definition) is 2. The molecule has 0 saturated heterocycles. The zero-order valence-corrected chi connectivity index (χ0v) is 11.5. The molecule has 0 saturated carbocycles. The first-order valence-corrected chi connectivity index (χ1v) is 6.89. The fourth-order valence-electron chi connectivity index (χ4n) is 1.65. The Balaban J connectivity index is 3.50. The molecule has 5 heteroatoms. The van der Waals surface area contributed by atoms with Gasteiger partial charge in [0.15, 0.2) is 0 Å². The molecule has 1 atom stereocenters. The summed E-state index contributed by atoms with van der Waals surface area (Å²) in [5, 5.41) is 13.9. The van der Waals surface area contributed by atoms with Gasteiger partial charge in [-0.25, -0.2) is 9.59 Å². The molecule has 0 aliphatic heterocycles. The van der Waals surface area contributed by atoms with E-state index in [-0.39, 0.29) is 0 Å². The summed E-state index contributed by atoms with van der Waals surface area (Å²) in [6.07, 6.45) is 7.39. The quantitative estimate of drug-likeness (QED) is 0.527. The Morgan fingerprint density at radius 1 is 1.06 bits per heavy atom. The summed E-state index contributed by atoms with van der Waals surface area (Å²) < 4.78 is 0. The molecule has 18 heavy (non-hydrogen) atoms. The number of nitrogens with one attached hydrogen (secondary N) is 2. The molecule has 3 N–H and O–H groups in total. The van der Waals surface area contributed by atoms with Crippen LogP contribution in [0.1, 0.15) is 58.8 Å². The second-order valence-electron chi connectivity index (χ2n) is 4.47. The summed E-state index contributed by atoms with van der Waals surface area (Å²) in [5.41, 5.74) is 0. The topological polar surface area (TPSA) is 78.4 Å². The van der Waals surface area contributed by atoms with Gasteiger partial charge in [-0.1, -0.05) is 46.0 Å². The first-order valence-electron chi connectivity index (χ1n) is 6.89. The summed E-state index contributed by atoms with van der Waals surface area (Å²) in [4.78, 5) is 22.1. The minimum atomic E-state index is -0.993. The lowest BCUT2D eigenvalue weighted by molar-refractivity contribution is -0.139. The highest BCUT2D eigenvalue weighted by molar-refractivity contribution is 5.82. The van der Waals surface area contributed by atoms with Crippen LogP contribution in [0.2, 0.25) is 0 Å². The molecule has 106 valence electrons. The first-order chi connectivity index (χ1) is 8.61. The SMILES string of the molecule is CCCCCCCCNC(=O)NC(CC)C(=O)O. The predicted molar refractivity (Wildman–Crippen MR) is 71.6 cm³/mol. The van der Waals surface area contributed by atoms with E-state index in [1.54, 1.807) is 6.92 Å². The van der Waals surface area contributed by atoms with Crippen LogP contribution in [-0.4, -0.2) is 29.7 Å². The Labute approximate surface area is 109 Å². The fourth-order valence-corrected chi connectivity index (χ4v) is 1.65. The lowest BCUT2D eigenvalue weighted by Gasteiger charge is -2.13. The lowest BCUT2D eigenvalue weighted by atomic mass is 10.1. The van der Waals surface area contributed by atoms with Crippen molar-refractivity contribution in [3.63, 3.8) is 0 Å². The first kappa shape index (κ1) is 16.7. The smallest absolute Gasteiger partial charge is 0.326 e. The maximum atomic E-state index is 11.4. The van der Waals surface area contributed by atoms with Crippen molar-refractivity contribution in [3.05, 3.63) is 0 Å². The van der Waals surface area contributed by atoms with Crippen molar-refractivity contribution in [2.24, 2.45) is 0 Å². The average Bonchev–Trinajstić information content (AvgIpc) is 2.34. The number of amides is 2.